The molecule has 0 bridgehead atoms. The van der Waals surface area contributed by atoms with Crippen LogP contribution in [0.3, 0.4) is 0 Å². The van der Waals surface area contributed by atoms with Gasteiger partial charge in [0.1, 0.15) is 0 Å². The predicted molar refractivity (Wildman–Crippen MR) is 147 cm³/mol. The molecule has 5 aromatic rings. The fourth-order valence-corrected chi connectivity index (χ4v) is 5.00. The van der Waals surface area contributed by atoms with E-state index in [1.165, 1.54) is 19.1 Å². The van der Waals surface area contributed by atoms with Crippen LogP contribution in [0.25, 0.3) is 22.0 Å². The first-order valence-corrected chi connectivity index (χ1v) is 12.6. The number of anilines is 1. The lowest BCUT2D eigenvalue weighted by Crippen LogP contribution is -2.32. The van der Waals surface area contributed by atoms with Crippen molar-refractivity contribution in [2.45, 2.75) is 13.0 Å². The van der Waals surface area contributed by atoms with Crippen LogP contribution in [0.2, 0.25) is 0 Å². The molecule has 0 radical (unpaired) electrons. The number of carbonyl (C=O) groups excluding carboxylic acids is 2. The average molecular weight is 540 g/mol. The summed E-state index contributed by atoms with van der Waals surface area (Å²) in [6.07, 6.45) is 0. The molecule has 1 aliphatic heterocycles. The van der Waals surface area contributed by atoms with Gasteiger partial charge in [-0.05, 0) is 48.9 Å². The molecule has 6 rings (SSSR count). The minimum absolute atomic E-state index is 0.0520. The van der Waals surface area contributed by atoms with Gasteiger partial charge >= 0.3 is 0 Å². The number of benzene rings is 3. The molecule has 1 amide bonds. The van der Waals surface area contributed by atoms with E-state index in [0.29, 0.717) is 51.4 Å². The number of furan rings is 1. The molecule has 3 heterocycles. The molecule has 10 heteroatoms. The lowest BCUT2D eigenvalue weighted by molar-refractivity contribution is -0.117. The fraction of sp³-hybridized carbons (Fsp3) is 0.167. The molecule has 40 heavy (non-hydrogen) atoms. The highest BCUT2D eigenvalue weighted by Crippen LogP contribution is 2.44. The Bertz CT molecular complexity index is 1780. The quantitative estimate of drug-likeness (QED) is 0.247. The second kappa shape index (κ2) is 9.81. The maximum absolute atomic E-state index is 14.0. The molecule has 2 aromatic heterocycles. The monoisotopic (exact) mass is 539 g/mol. The SMILES string of the molecule is CCOc1cc(C2C(C(=O)c3cc4cccc(OC)c4o3)=C(O)C(=O)N2c2nc3ccccc3[nH]2)ccc1OC. The number of ether oxygens (including phenoxy) is 3. The van der Waals surface area contributed by atoms with Crippen molar-refractivity contribution in [2.75, 3.05) is 25.7 Å². The van der Waals surface area contributed by atoms with E-state index in [2.05, 4.69) is 9.97 Å². The van der Waals surface area contributed by atoms with Crippen LogP contribution in [0.5, 0.6) is 17.2 Å². The highest BCUT2D eigenvalue weighted by molar-refractivity contribution is 6.20. The number of aliphatic hydroxyl groups is 1. The number of carbonyl (C=O) groups is 2. The number of hydrogen-bond donors (Lipinski definition) is 2. The summed E-state index contributed by atoms with van der Waals surface area (Å²) in [5.41, 5.74) is 2.04. The number of rotatable bonds is 8. The Morgan fingerprint density at radius 1 is 1.02 bits per heavy atom. The largest absolute Gasteiger partial charge is 0.503 e. The molecule has 1 unspecified atom stereocenters. The highest BCUT2D eigenvalue weighted by Gasteiger charge is 2.47. The Balaban J connectivity index is 1.53. The number of nitrogens with one attached hydrogen (secondary N) is 1. The molecular weight excluding hydrogens is 514 g/mol. The predicted octanol–water partition coefficient (Wildman–Crippen LogP) is 5.51. The van der Waals surface area contributed by atoms with E-state index in [0.717, 1.165) is 0 Å². The topological polar surface area (TPSA) is 127 Å². The number of fused-ring (bicyclic) bond motifs is 2. The number of Topliss-reactive ketones (excluding diaryl/α,β-unsaturated/α-hetero) is 1. The van der Waals surface area contributed by atoms with Gasteiger partial charge in [0.05, 0.1) is 43.5 Å². The number of H-pyrrole nitrogens is 1. The Hall–Kier alpha value is -5.25. The van der Waals surface area contributed by atoms with Crippen LogP contribution >= 0.6 is 0 Å². The second-order valence-electron chi connectivity index (χ2n) is 9.08. The molecule has 1 atom stereocenters. The van der Waals surface area contributed by atoms with Crippen molar-refractivity contribution < 1.29 is 33.3 Å². The Kier molecular flexibility index (Phi) is 6.14. The number of aromatic nitrogens is 2. The van der Waals surface area contributed by atoms with Gasteiger partial charge in [-0.2, -0.15) is 0 Å². The molecule has 3 aromatic carbocycles. The number of ketones is 1. The third kappa shape index (κ3) is 3.92. The summed E-state index contributed by atoms with van der Waals surface area (Å²) >= 11 is 0. The summed E-state index contributed by atoms with van der Waals surface area (Å²) in [5.74, 6) is -0.654. The summed E-state index contributed by atoms with van der Waals surface area (Å²) < 4.78 is 22.5. The van der Waals surface area contributed by atoms with Gasteiger partial charge < -0.3 is 28.7 Å². The molecule has 1 aliphatic rings. The van der Waals surface area contributed by atoms with Crippen molar-refractivity contribution in [1.29, 1.82) is 0 Å². The first-order valence-electron chi connectivity index (χ1n) is 12.6. The summed E-state index contributed by atoms with van der Waals surface area (Å²) in [6.45, 7) is 2.20. The standard InChI is InChI=1S/C30H25N3O7/c1-4-39-22-14-16(12-13-20(22)37-2)25-24(26(34)23-15-17-8-7-11-21(38-3)28(17)40-23)27(35)29(36)33(25)30-31-18-9-5-6-10-19(18)32-30/h5-15,25,35H,4H2,1-3H3,(H,31,32). The first kappa shape index (κ1) is 25.1. The van der Waals surface area contributed by atoms with E-state index in [1.807, 2.05) is 25.1 Å². The van der Waals surface area contributed by atoms with Crippen molar-refractivity contribution >= 4 is 39.6 Å². The van der Waals surface area contributed by atoms with E-state index >= 15 is 0 Å². The Morgan fingerprint density at radius 2 is 1.82 bits per heavy atom. The van der Waals surface area contributed by atoms with Gasteiger partial charge in [-0.25, -0.2) is 4.98 Å². The summed E-state index contributed by atoms with van der Waals surface area (Å²) in [4.78, 5) is 36.6. The maximum atomic E-state index is 14.0. The van der Waals surface area contributed by atoms with Gasteiger partial charge in [0.25, 0.3) is 5.91 Å². The van der Waals surface area contributed by atoms with Crippen LogP contribution in [0, 0.1) is 0 Å². The van der Waals surface area contributed by atoms with Crippen LogP contribution in [0.15, 0.2) is 82.5 Å². The molecule has 2 N–H and O–H groups in total. The molecule has 0 fully saturated rings. The zero-order valence-corrected chi connectivity index (χ0v) is 21.9. The third-order valence-corrected chi connectivity index (χ3v) is 6.81. The number of amides is 1. The van der Waals surface area contributed by atoms with Crippen molar-refractivity contribution in [3.05, 3.63) is 89.4 Å². The fourth-order valence-electron chi connectivity index (χ4n) is 5.00. The molecule has 0 spiro atoms. The van der Waals surface area contributed by atoms with E-state index in [1.54, 1.807) is 48.5 Å². The zero-order valence-electron chi connectivity index (χ0n) is 21.9. The normalized spacial score (nSPS) is 15.3. The van der Waals surface area contributed by atoms with E-state index in [4.69, 9.17) is 18.6 Å². The summed E-state index contributed by atoms with van der Waals surface area (Å²) in [5, 5.41) is 11.8. The first-order chi connectivity index (χ1) is 19.4. The third-order valence-electron chi connectivity index (χ3n) is 6.81. The lowest BCUT2D eigenvalue weighted by atomic mass is 9.94. The second-order valence-corrected chi connectivity index (χ2v) is 9.08. The van der Waals surface area contributed by atoms with E-state index in [9.17, 15) is 14.7 Å². The Labute approximate surface area is 228 Å². The number of aromatic amines is 1. The Morgan fingerprint density at radius 3 is 2.58 bits per heavy atom. The van der Waals surface area contributed by atoms with Gasteiger partial charge in [0.15, 0.2) is 34.4 Å². The minimum Gasteiger partial charge on any atom is -0.503 e. The van der Waals surface area contributed by atoms with Crippen molar-refractivity contribution in [1.82, 2.24) is 9.97 Å². The van der Waals surface area contributed by atoms with E-state index < -0.39 is 23.5 Å². The summed E-state index contributed by atoms with van der Waals surface area (Å²) in [6, 6.07) is 18.1. The number of aliphatic hydroxyl groups excluding tert-OH is 1. The van der Waals surface area contributed by atoms with Crippen LogP contribution in [0.4, 0.5) is 5.95 Å². The molecule has 202 valence electrons. The molecule has 0 saturated heterocycles. The maximum Gasteiger partial charge on any atom is 0.296 e. The van der Waals surface area contributed by atoms with Gasteiger partial charge in [-0.15, -0.1) is 0 Å². The number of para-hydroxylation sites is 3. The van der Waals surface area contributed by atoms with Crippen LogP contribution in [-0.2, 0) is 4.79 Å². The summed E-state index contributed by atoms with van der Waals surface area (Å²) in [7, 11) is 3.03. The number of imidazole rings is 1. The van der Waals surface area contributed by atoms with E-state index in [-0.39, 0.29) is 17.3 Å². The zero-order chi connectivity index (χ0) is 28.0. The van der Waals surface area contributed by atoms with Crippen molar-refractivity contribution in [3.63, 3.8) is 0 Å². The number of nitrogens with zero attached hydrogens (tertiary/aromatic N) is 2. The minimum atomic E-state index is -1.05. The number of methoxy groups -OCH3 is 2. The van der Waals surface area contributed by atoms with Gasteiger partial charge in [0.2, 0.25) is 11.7 Å². The molecule has 0 saturated carbocycles. The van der Waals surface area contributed by atoms with Gasteiger partial charge in [-0.3, -0.25) is 14.5 Å². The molecule has 0 aliphatic carbocycles. The smallest absolute Gasteiger partial charge is 0.296 e. The van der Waals surface area contributed by atoms with Crippen LogP contribution in [0.1, 0.15) is 29.1 Å². The van der Waals surface area contributed by atoms with Crippen molar-refractivity contribution in [3.8, 4) is 17.2 Å². The average Bonchev–Trinajstić information content (AvgIpc) is 3.67. The number of hydrogen-bond acceptors (Lipinski definition) is 8. The molecular formula is C30H25N3O7. The van der Waals surface area contributed by atoms with Crippen molar-refractivity contribution in [2.24, 2.45) is 0 Å². The highest BCUT2D eigenvalue weighted by atomic mass is 16.5. The van der Waals surface area contributed by atoms with Crippen LogP contribution < -0.4 is 19.1 Å². The van der Waals surface area contributed by atoms with Gasteiger partial charge in [0, 0.05) is 5.39 Å². The van der Waals surface area contributed by atoms with Crippen LogP contribution in [-0.4, -0.2) is 47.6 Å². The lowest BCUT2D eigenvalue weighted by Gasteiger charge is -2.25. The van der Waals surface area contributed by atoms with Gasteiger partial charge in [-0.1, -0.05) is 30.3 Å². The molecule has 10 nitrogen and oxygen atoms in total.